The lowest BCUT2D eigenvalue weighted by atomic mass is 10.2. The fourth-order valence-corrected chi connectivity index (χ4v) is 4.72. The zero-order chi connectivity index (χ0) is 24.5. The summed E-state index contributed by atoms with van der Waals surface area (Å²) in [5, 5.41) is 9.61. The molecule has 1 unspecified atom stereocenters. The van der Waals surface area contributed by atoms with E-state index in [0.29, 0.717) is 24.4 Å². The summed E-state index contributed by atoms with van der Waals surface area (Å²) in [6.45, 7) is 2.66. The summed E-state index contributed by atoms with van der Waals surface area (Å²) < 4.78 is 12.0. The van der Waals surface area contributed by atoms with Crippen LogP contribution < -0.4 is 9.64 Å². The molecule has 2 aromatic heterocycles. The number of benzene rings is 3. The first-order chi connectivity index (χ1) is 17.6. The number of hydrogen-bond acceptors (Lipinski definition) is 6. The van der Waals surface area contributed by atoms with E-state index in [0.717, 1.165) is 46.6 Å². The fourth-order valence-electron chi connectivity index (χ4n) is 4.72. The van der Waals surface area contributed by atoms with Gasteiger partial charge in [-0.15, -0.1) is 10.2 Å². The molecule has 1 atom stereocenters. The Kier molecular flexibility index (Phi) is 5.91. The molecule has 1 N–H and O–H groups in total. The van der Waals surface area contributed by atoms with Crippen LogP contribution in [0.1, 0.15) is 12.0 Å². The summed E-state index contributed by atoms with van der Waals surface area (Å²) >= 11 is 0. The molecule has 7 nitrogen and oxygen atoms in total. The van der Waals surface area contributed by atoms with Crippen LogP contribution in [0.4, 0.5) is 5.69 Å². The molecule has 3 aromatic carbocycles. The molecule has 0 spiro atoms. The van der Waals surface area contributed by atoms with E-state index in [9.17, 15) is 0 Å². The topological polar surface area (TPSA) is 70.4 Å². The standard InChI is InChI=1S/C29H29N5O2/c1-33(2)24-14-15-34(18-24)23-10-8-21(9-11-23)28-31-32-29(36-28)27-17-22-16-25(12-13-26(22)30-27)35-19-20-6-4-3-5-7-20/h3-13,16-17,24,30H,14-15,18-19H2,1-2H3. The van der Waals surface area contributed by atoms with Crippen LogP contribution in [0.3, 0.4) is 0 Å². The zero-order valence-electron chi connectivity index (χ0n) is 20.5. The number of ether oxygens (including phenoxy) is 1. The molecule has 7 heteroatoms. The Morgan fingerprint density at radius 1 is 0.972 bits per heavy atom. The monoisotopic (exact) mass is 479 g/mol. The maximum absolute atomic E-state index is 6.03. The lowest BCUT2D eigenvalue weighted by Crippen LogP contribution is -2.31. The molecular weight excluding hydrogens is 450 g/mol. The van der Waals surface area contributed by atoms with Crippen molar-refractivity contribution in [3.63, 3.8) is 0 Å². The van der Waals surface area contributed by atoms with Crippen LogP contribution in [0.15, 0.2) is 83.3 Å². The van der Waals surface area contributed by atoms with Gasteiger partial charge in [0.15, 0.2) is 0 Å². The van der Waals surface area contributed by atoms with Crippen molar-refractivity contribution in [1.29, 1.82) is 0 Å². The average Bonchev–Trinajstić information content (AvgIpc) is 3.67. The van der Waals surface area contributed by atoms with Crippen LogP contribution in [0, 0.1) is 0 Å². The van der Waals surface area contributed by atoms with Crippen LogP contribution >= 0.6 is 0 Å². The summed E-state index contributed by atoms with van der Waals surface area (Å²) in [6.07, 6.45) is 1.19. The number of H-pyrrole nitrogens is 1. The third kappa shape index (κ3) is 4.57. The van der Waals surface area contributed by atoms with Gasteiger partial charge in [0.05, 0.1) is 0 Å². The van der Waals surface area contributed by atoms with Crippen molar-refractivity contribution < 1.29 is 9.15 Å². The smallest absolute Gasteiger partial charge is 0.264 e. The number of anilines is 1. The second-order valence-corrected chi connectivity index (χ2v) is 9.52. The van der Waals surface area contributed by atoms with Gasteiger partial charge in [-0.25, -0.2) is 0 Å². The Morgan fingerprint density at radius 2 is 1.78 bits per heavy atom. The molecule has 182 valence electrons. The van der Waals surface area contributed by atoms with Crippen molar-refractivity contribution in [2.24, 2.45) is 0 Å². The average molecular weight is 480 g/mol. The van der Waals surface area contributed by atoms with Crippen LogP contribution in [-0.2, 0) is 6.61 Å². The molecule has 0 saturated carbocycles. The molecule has 6 rings (SSSR count). The van der Waals surface area contributed by atoms with Gasteiger partial charge in [-0.1, -0.05) is 30.3 Å². The first-order valence-electron chi connectivity index (χ1n) is 12.3. The van der Waals surface area contributed by atoms with Gasteiger partial charge in [0.1, 0.15) is 18.1 Å². The maximum Gasteiger partial charge on any atom is 0.264 e. The van der Waals surface area contributed by atoms with E-state index < -0.39 is 0 Å². The van der Waals surface area contributed by atoms with Crippen molar-refractivity contribution in [3.05, 3.63) is 84.4 Å². The number of nitrogens with zero attached hydrogens (tertiary/aromatic N) is 4. The Hall–Kier alpha value is -4.10. The molecule has 0 amide bonds. The zero-order valence-corrected chi connectivity index (χ0v) is 20.5. The molecule has 36 heavy (non-hydrogen) atoms. The minimum atomic E-state index is 0.463. The van der Waals surface area contributed by atoms with Crippen molar-refractivity contribution in [2.45, 2.75) is 19.1 Å². The van der Waals surface area contributed by atoms with Gasteiger partial charge < -0.3 is 23.9 Å². The van der Waals surface area contributed by atoms with E-state index in [4.69, 9.17) is 9.15 Å². The predicted molar refractivity (Wildman–Crippen MR) is 142 cm³/mol. The number of hydrogen-bond donors (Lipinski definition) is 1. The molecule has 5 aromatic rings. The van der Waals surface area contributed by atoms with Crippen LogP contribution in [0.2, 0.25) is 0 Å². The molecule has 0 radical (unpaired) electrons. The minimum absolute atomic E-state index is 0.463. The highest BCUT2D eigenvalue weighted by Crippen LogP contribution is 2.30. The third-order valence-corrected chi connectivity index (χ3v) is 6.87. The molecule has 1 aliphatic heterocycles. The van der Waals surface area contributed by atoms with Crippen LogP contribution in [0.25, 0.3) is 33.9 Å². The van der Waals surface area contributed by atoms with Crippen LogP contribution in [-0.4, -0.2) is 53.3 Å². The Morgan fingerprint density at radius 3 is 2.56 bits per heavy atom. The molecule has 1 fully saturated rings. The summed E-state index contributed by atoms with van der Waals surface area (Å²) in [7, 11) is 4.30. The quantitative estimate of drug-likeness (QED) is 0.327. The SMILES string of the molecule is CN(C)C1CCN(c2ccc(-c3nnc(-c4cc5cc(OCc6ccccc6)ccc5[nH]4)o3)cc2)C1. The Balaban J connectivity index is 1.16. The summed E-state index contributed by atoms with van der Waals surface area (Å²) in [6, 6.07) is 27.1. The predicted octanol–water partition coefficient (Wildman–Crippen LogP) is 5.60. The van der Waals surface area contributed by atoms with Gasteiger partial charge >= 0.3 is 0 Å². The molecular formula is C29H29N5O2. The number of aromatic amines is 1. The molecule has 0 bridgehead atoms. The first kappa shape index (κ1) is 22.4. The van der Waals surface area contributed by atoms with E-state index in [2.05, 4.69) is 75.5 Å². The van der Waals surface area contributed by atoms with E-state index >= 15 is 0 Å². The number of nitrogens with one attached hydrogen (secondary N) is 1. The van der Waals surface area contributed by atoms with Gasteiger partial charge in [-0.3, -0.25) is 0 Å². The maximum atomic E-state index is 6.03. The molecule has 3 heterocycles. The largest absolute Gasteiger partial charge is 0.489 e. The lowest BCUT2D eigenvalue weighted by molar-refractivity contribution is 0.306. The minimum Gasteiger partial charge on any atom is -0.489 e. The highest BCUT2D eigenvalue weighted by molar-refractivity contribution is 5.85. The van der Waals surface area contributed by atoms with E-state index in [1.807, 2.05) is 42.5 Å². The van der Waals surface area contributed by atoms with Crippen molar-refractivity contribution in [3.8, 4) is 28.8 Å². The van der Waals surface area contributed by atoms with Gasteiger partial charge in [0.2, 0.25) is 5.89 Å². The van der Waals surface area contributed by atoms with Crippen LogP contribution in [0.5, 0.6) is 5.75 Å². The second kappa shape index (κ2) is 9.51. The third-order valence-electron chi connectivity index (χ3n) is 6.87. The van der Waals surface area contributed by atoms with Gasteiger partial charge in [0.25, 0.3) is 5.89 Å². The van der Waals surface area contributed by atoms with Gasteiger partial charge in [-0.2, -0.15) is 0 Å². The number of fused-ring (bicyclic) bond motifs is 1. The molecule has 1 aliphatic rings. The van der Waals surface area contributed by atoms with E-state index in [-0.39, 0.29) is 0 Å². The summed E-state index contributed by atoms with van der Waals surface area (Å²) in [4.78, 5) is 8.10. The fraction of sp³-hybridized carbons (Fsp3) is 0.241. The van der Waals surface area contributed by atoms with E-state index in [1.54, 1.807) is 0 Å². The van der Waals surface area contributed by atoms with E-state index in [1.165, 1.54) is 12.1 Å². The van der Waals surface area contributed by atoms with Gasteiger partial charge in [0, 0.05) is 41.3 Å². The highest BCUT2D eigenvalue weighted by atomic mass is 16.5. The lowest BCUT2D eigenvalue weighted by Gasteiger charge is -2.21. The van der Waals surface area contributed by atoms with Crippen molar-refractivity contribution in [2.75, 3.05) is 32.1 Å². The summed E-state index contributed by atoms with van der Waals surface area (Å²) in [5.41, 5.74) is 5.05. The molecule has 0 aliphatic carbocycles. The number of likely N-dealkylation sites (N-methyl/N-ethyl adjacent to an activating group) is 1. The normalized spacial score (nSPS) is 15.8. The van der Waals surface area contributed by atoms with Crippen molar-refractivity contribution >= 4 is 16.6 Å². The molecule has 1 saturated heterocycles. The summed E-state index contributed by atoms with van der Waals surface area (Å²) in [5.74, 6) is 1.79. The van der Waals surface area contributed by atoms with Crippen molar-refractivity contribution in [1.82, 2.24) is 20.1 Å². The highest BCUT2D eigenvalue weighted by Gasteiger charge is 2.24. The number of rotatable bonds is 7. The number of aromatic nitrogens is 3. The second-order valence-electron chi connectivity index (χ2n) is 9.52. The Labute approximate surface area is 210 Å². The Bertz CT molecular complexity index is 1460. The first-order valence-corrected chi connectivity index (χ1v) is 12.3. The van der Waals surface area contributed by atoms with Gasteiger partial charge in [-0.05, 0) is 74.6 Å².